The summed E-state index contributed by atoms with van der Waals surface area (Å²) < 4.78 is 0. The minimum absolute atomic E-state index is 0.343. The number of benzene rings is 1. The molecule has 3 N–H and O–H groups in total. The molecule has 0 amide bonds. The zero-order valence-corrected chi connectivity index (χ0v) is 9.42. The van der Waals surface area contributed by atoms with Crippen LogP contribution in [0.4, 0.5) is 0 Å². The largest absolute Gasteiger partial charge is 0.480 e. The molecule has 1 aromatic carbocycles. The van der Waals surface area contributed by atoms with Crippen molar-refractivity contribution in [3.05, 3.63) is 33.8 Å². The second kappa shape index (κ2) is 5.35. The minimum atomic E-state index is -1.01. The van der Waals surface area contributed by atoms with Crippen molar-refractivity contribution in [2.75, 3.05) is 0 Å². The molecule has 0 aliphatic rings. The Hall–Kier alpha value is -0.770. The summed E-state index contributed by atoms with van der Waals surface area (Å²) in [6.45, 7) is 0. The van der Waals surface area contributed by atoms with Crippen molar-refractivity contribution in [1.82, 2.24) is 0 Å². The van der Waals surface area contributed by atoms with Crippen molar-refractivity contribution < 1.29 is 9.90 Å². The summed E-state index contributed by atoms with van der Waals surface area (Å²) in [5.41, 5.74) is 6.20. The molecule has 0 bridgehead atoms. The predicted octanol–water partition coefficient (Wildman–Crippen LogP) is 2.34. The van der Waals surface area contributed by atoms with Gasteiger partial charge in [0.25, 0.3) is 0 Å². The average Bonchev–Trinajstić information content (AvgIpc) is 2.19. The van der Waals surface area contributed by atoms with Gasteiger partial charge in [0.15, 0.2) is 0 Å². The fourth-order valence-electron chi connectivity index (χ4n) is 1.18. The van der Waals surface area contributed by atoms with Crippen LogP contribution in [0, 0.1) is 0 Å². The molecule has 1 rings (SSSR count). The Bertz CT molecular complexity index is 368. The van der Waals surface area contributed by atoms with Crippen molar-refractivity contribution in [2.24, 2.45) is 5.73 Å². The van der Waals surface area contributed by atoms with Crippen molar-refractivity contribution in [2.45, 2.75) is 18.9 Å². The SMILES string of the molecule is N[C@@H](CCc1cccc(Cl)c1Cl)C(=O)O. The van der Waals surface area contributed by atoms with Gasteiger partial charge in [0.1, 0.15) is 6.04 Å². The highest BCUT2D eigenvalue weighted by atomic mass is 35.5. The molecule has 3 nitrogen and oxygen atoms in total. The standard InChI is InChI=1S/C10H11Cl2NO2/c11-7-3-1-2-6(9(7)12)4-5-8(13)10(14)15/h1-3,8H,4-5,13H2,(H,14,15)/t8-/m0/s1. The number of nitrogens with two attached hydrogens (primary N) is 1. The van der Waals surface area contributed by atoms with E-state index in [4.69, 9.17) is 34.0 Å². The number of carboxylic acids is 1. The van der Waals surface area contributed by atoms with Gasteiger partial charge in [0.05, 0.1) is 10.0 Å². The molecule has 0 aliphatic carbocycles. The summed E-state index contributed by atoms with van der Waals surface area (Å²) in [7, 11) is 0. The molecule has 0 unspecified atom stereocenters. The van der Waals surface area contributed by atoms with E-state index in [-0.39, 0.29) is 0 Å². The zero-order chi connectivity index (χ0) is 11.4. The normalized spacial score (nSPS) is 12.5. The van der Waals surface area contributed by atoms with Crippen molar-refractivity contribution in [3.63, 3.8) is 0 Å². The predicted molar refractivity (Wildman–Crippen MR) is 60.4 cm³/mol. The number of carbonyl (C=O) groups is 1. The van der Waals surface area contributed by atoms with Gasteiger partial charge in [-0.05, 0) is 24.5 Å². The van der Waals surface area contributed by atoms with Crippen LogP contribution in [0.3, 0.4) is 0 Å². The number of halogens is 2. The van der Waals surface area contributed by atoms with Gasteiger partial charge in [-0.2, -0.15) is 0 Å². The van der Waals surface area contributed by atoms with Crippen LogP contribution in [0.25, 0.3) is 0 Å². The van der Waals surface area contributed by atoms with Crippen LogP contribution in [0.15, 0.2) is 18.2 Å². The smallest absolute Gasteiger partial charge is 0.320 e. The highest BCUT2D eigenvalue weighted by molar-refractivity contribution is 6.42. The van der Waals surface area contributed by atoms with Crippen molar-refractivity contribution >= 4 is 29.2 Å². The molecule has 0 aliphatic heterocycles. The van der Waals surface area contributed by atoms with Crippen LogP contribution in [-0.4, -0.2) is 17.1 Å². The van der Waals surface area contributed by atoms with Gasteiger partial charge in [-0.3, -0.25) is 4.79 Å². The summed E-state index contributed by atoms with van der Waals surface area (Å²) >= 11 is 11.7. The Morgan fingerprint density at radius 2 is 2.13 bits per heavy atom. The summed E-state index contributed by atoms with van der Waals surface area (Å²) in [5, 5.41) is 9.54. The first-order valence-electron chi connectivity index (χ1n) is 4.43. The Balaban J connectivity index is 2.66. The Labute approximate surface area is 97.8 Å². The van der Waals surface area contributed by atoms with E-state index in [1.54, 1.807) is 12.1 Å². The van der Waals surface area contributed by atoms with Gasteiger partial charge in [0, 0.05) is 0 Å². The first-order valence-corrected chi connectivity index (χ1v) is 5.19. The van der Waals surface area contributed by atoms with E-state index < -0.39 is 12.0 Å². The monoisotopic (exact) mass is 247 g/mol. The van der Waals surface area contributed by atoms with Crippen LogP contribution in [0.1, 0.15) is 12.0 Å². The fraction of sp³-hybridized carbons (Fsp3) is 0.300. The highest BCUT2D eigenvalue weighted by Gasteiger charge is 2.12. The van der Waals surface area contributed by atoms with Gasteiger partial charge < -0.3 is 10.8 Å². The quantitative estimate of drug-likeness (QED) is 0.859. The molecule has 15 heavy (non-hydrogen) atoms. The maximum absolute atomic E-state index is 10.5. The summed E-state index contributed by atoms with van der Waals surface area (Å²) in [6.07, 6.45) is 0.849. The van der Waals surface area contributed by atoms with Gasteiger partial charge in [-0.1, -0.05) is 35.3 Å². The molecular formula is C10H11Cl2NO2. The van der Waals surface area contributed by atoms with Crippen LogP contribution in [0.5, 0.6) is 0 Å². The molecule has 0 spiro atoms. The number of aryl methyl sites for hydroxylation is 1. The molecule has 5 heteroatoms. The Morgan fingerprint density at radius 1 is 1.47 bits per heavy atom. The molecule has 0 aromatic heterocycles. The van der Waals surface area contributed by atoms with Crippen LogP contribution in [0.2, 0.25) is 10.0 Å². The van der Waals surface area contributed by atoms with Crippen molar-refractivity contribution in [3.8, 4) is 0 Å². The second-order valence-electron chi connectivity index (χ2n) is 3.20. The lowest BCUT2D eigenvalue weighted by atomic mass is 10.1. The number of hydrogen-bond donors (Lipinski definition) is 2. The van der Waals surface area contributed by atoms with E-state index >= 15 is 0 Å². The topological polar surface area (TPSA) is 63.3 Å². The third kappa shape index (κ3) is 3.38. The van der Waals surface area contributed by atoms with E-state index in [1.807, 2.05) is 6.07 Å². The first kappa shape index (κ1) is 12.3. The van der Waals surface area contributed by atoms with Gasteiger partial charge in [-0.15, -0.1) is 0 Å². The number of carboxylic acid groups (broad SMARTS) is 1. The lowest BCUT2D eigenvalue weighted by Gasteiger charge is -2.08. The van der Waals surface area contributed by atoms with E-state index in [9.17, 15) is 4.79 Å². The summed E-state index contributed by atoms with van der Waals surface area (Å²) in [6, 6.07) is 4.41. The van der Waals surface area contributed by atoms with Crippen LogP contribution in [-0.2, 0) is 11.2 Å². The number of aliphatic carboxylic acids is 1. The average molecular weight is 248 g/mol. The molecule has 0 heterocycles. The number of rotatable bonds is 4. The lowest BCUT2D eigenvalue weighted by Crippen LogP contribution is -2.30. The maximum Gasteiger partial charge on any atom is 0.320 e. The highest BCUT2D eigenvalue weighted by Crippen LogP contribution is 2.26. The first-order chi connectivity index (χ1) is 7.02. The minimum Gasteiger partial charge on any atom is -0.480 e. The van der Waals surface area contributed by atoms with Gasteiger partial charge in [-0.25, -0.2) is 0 Å². The molecule has 0 saturated heterocycles. The Morgan fingerprint density at radius 3 is 2.73 bits per heavy atom. The number of hydrogen-bond acceptors (Lipinski definition) is 2. The molecule has 0 radical (unpaired) electrons. The second-order valence-corrected chi connectivity index (χ2v) is 3.98. The third-order valence-corrected chi connectivity index (χ3v) is 2.93. The molecule has 82 valence electrons. The molecule has 0 saturated carbocycles. The molecule has 1 aromatic rings. The van der Waals surface area contributed by atoms with E-state index in [0.717, 1.165) is 5.56 Å². The Kier molecular flexibility index (Phi) is 4.39. The zero-order valence-electron chi connectivity index (χ0n) is 7.91. The van der Waals surface area contributed by atoms with E-state index in [0.29, 0.717) is 22.9 Å². The lowest BCUT2D eigenvalue weighted by molar-refractivity contribution is -0.138. The van der Waals surface area contributed by atoms with Crippen LogP contribution >= 0.6 is 23.2 Å². The molecular weight excluding hydrogens is 237 g/mol. The molecule has 0 fully saturated rings. The van der Waals surface area contributed by atoms with Gasteiger partial charge >= 0.3 is 5.97 Å². The van der Waals surface area contributed by atoms with Crippen LogP contribution < -0.4 is 5.73 Å². The van der Waals surface area contributed by atoms with E-state index in [1.165, 1.54) is 0 Å². The fourth-order valence-corrected chi connectivity index (χ4v) is 1.59. The van der Waals surface area contributed by atoms with Crippen molar-refractivity contribution in [1.29, 1.82) is 0 Å². The summed E-state index contributed by atoms with van der Waals surface area (Å²) in [4.78, 5) is 10.5. The molecule has 1 atom stereocenters. The van der Waals surface area contributed by atoms with E-state index in [2.05, 4.69) is 0 Å². The summed E-state index contributed by atoms with van der Waals surface area (Å²) in [5.74, 6) is -1.01. The maximum atomic E-state index is 10.5. The van der Waals surface area contributed by atoms with Gasteiger partial charge in [0.2, 0.25) is 0 Å². The third-order valence-electron chi connectivity index (χ3n) is 2.07.